The number of hydrogen-bond acceptors (Lipinski definition) is 4. The van der Waals surface area contributed by atoms with Gasteiger partial charge in [-0.25, -0.2) is 0 Å². The standard InChI is InChI=1S/C8H18N3O2P/c1-6(9)11-5-3-2-4-7(10)8(12)13-14/h7H,2-5,10,14H2,1H3,(H2,9,11)/t7-/m0/s1. The molecule has 0 bridgehead atoms. The van der Waals surface area contributed by atoms with Gasteiger partial charge in [-0.3, -0.25) is 9.79 Å². The van der Waals surface area contributed by atoms with E-state index < -0.39 is 12.0 Å². The Morgan fingerprint density at radius 1 is 1.57 bits per heavy atom. The van der Waals surface area contributed by atoms with Crippen LogP contribution in [0.2, 0.25) is 0 Å². The van der Waals surface area contributed by atoms with Crippen LogP contribution in [0, 0.1) is 0 Å². The molecular formula is C8H18N3O2P. The zero-order chi connectivity index (χ0) is 11.0. The first kappa shape index (κ1) is 13.3. The third-order valence-electron chi connectivity index (χ3n) is 1.70. The van der Waals surface area contributed by atoms with E-state index in [1.165, 1.54) is 0 Å². The first-order chi connectivity index (χ1) is 6.57. The van der Waals surface area contributed by atoms with Crippen molar-refractivity contribution >= 4 is 21.3 Å². The number of nitrogens with two attached hydrogens (primary N) is 2. The van der Waals surface area contributed by atoms with Crippen LogP contribution < -0.4 is 11.5 Å². The van der Waals surface area contributed by atoms with Gasteiger partial charge >= 0.3 is 5.97 Å². The molecule has 0 fully saturated rings. The summed E-state index contributed by atoms with van der Waals surface area (Å²) in [5.41, 5.74) is 10.9. The van der Waals surface area contributed by atoms with Crippen molar-refractivity contribution in [1.29, 1.82) is 0 Å². The highest BCUT2D eigenvalue weighted by Crippen LogP contribution is 2.02. The Bertz CT molecular complexity index is 205. The number of hydrogen-bond donors (Lipinski definition) is 2. The molecule has 0 rings (SSSR count). The molecule has 0 aromatic rings. The molecule has 0 saturated heterocycles. The number of rotatable bonds is 6. The first-order valence-electron chi connectivity index (χ1n) is 4.50. The van der Waals surface area contributed by atoms with Crippen LogP contribution in [0.15, 0.2) is 4.99 Å². The van der Waals surface area contributed by atoms with Gasteiger partial charge < -0.3 is 16.0 Å². The fourth-order valence-electron chi connectivity index (χ4n) is 0.937. The summed E-state index contributed by atoms with van der Waals surface area (Å²) in [5.74, 6) is 0.187. The lowest BCUT2D eigenvalue weighted by Gasteiger charge is -2.07. The molecule has 0 saturated carbocycles. The number of unbranched alkanes of at least 4 members (excludes halogenated alkanes) is 1. The van der Waals surface area contributed by atoms with Crippen LogP contribution in [0.25, 0.3) is 0 Å². The lowest BCUT2D eigenvalue weighted by atomic mass is 10.1. The van der Waals surface area contributed by atoms with E-state index in [0.29, 0.717) is 18.8 Å². The van der Waals surface area contributed by atoms with Crippen LogP contribution in [0.4, 0.5) is 0 Å². The molecule has 0 heterocycles. The average molecular weight is 219 g/mol. The van der Waals surface area contributed by atoms with Gasteiger partial charge in [-0.15, -0.1) is 0 Å². The summed E-state index contributed by atoms with van der Waals surface area (Å²) in [5, 5.41) is 0. The van der Waals surface area contributed by atoms with Crippen molar-refractivity contribution in [2.45, 2.75) is 32.2 Å². The van der Waals surface area contributed by atoms with Gasteiger partial charge in [0, 0.05) is 6.54 Å². The quantitative estimate of drug-likeness (QED) is 0.289. The maximum Gasteiger partial charge on any atom is 0.325 e. The van der Waals surface area contributed by atoms with E-state index in [-0.39, 0.29) is 0 Å². The van der Waals surface area contributed by atoms with Crippen LogP contribution in [0.5, 0.6) is 0 Å². The van der Waals surface area contributed by atoms with E-state index in [2.05, 4.69) is 9.52 Å². The molecule has 2 atom stereocenters. The summed E-state index contributed by atoms with van der Waals surface area (Å²) in [6.45, 7) is 2.43. The lowest BCUT2D eigenvalue weighted by molar-refractivity contribution is -0.134. The second kappa shape index (κ2) is 7.71. The highest BCUT2D eigenvalue weighted by atomic mass is 31.0. The highest BCUT2D eigenvalue weighted by Gasteiger charge is 2.12. The van der Waals surface area contributed by atoms with Gasteiger partial charge in [-0.1, -0.05) is 0 Å². The molecule has 0 radical (unpaired) electrons. The van der Waals surface area contributed by atoms with E-state index in [1.807, 2.05) is 9.47 Å². The van der Waals surface area contributed by atoms with Crippen LogP contribution >= 0.6 is 9.47 Å². The van der Waals surface area contributed by atoms with Crippen molar-refractivity contribution in [2.75, 3.05) is 6.54 Å². The van der Waals surface area contributed by atoms with Crippen molar-refractivity contribution in [2.24, 2.45) is 16.5 Å². The molecule has 0 aromatic heterocycles. The predicted molar refractivity (Wildman–Crippen MR) is 59.8 cm³/mol. The van der Waals surface area contributed by atoms with E-state index in [9.17, 15) is 4.79 Å². The smallest absolute Gasteiger partial charge is 0.325 e. The number of aliphatic imine (C=N–C) groups is 1. The molecule has 14 heavy (non-hydrogen) atoms. The SMILES string of the molecule is CC(N)=NCCCC[C@H](N)C(=O)OP. The minimum Gasteiger partial charge on any atom is -0.450 e. The minimum atomic E-state index is -0.532. The van der Waals surface area contributed by atoms with E-state index in [0.717, 1.165) is 12.8 Å². The second-order valence-corrected chi connectivity index (χ2v) is 3.30. The summed E-state index contributed by atoms with van der Waals surface area (Å²) >= 11 is 0. The molecule has 6 heteroatoms. The summed E-state index contributed by atoms with van der Waals surface area (Å²) in [4.78, 5) is 14.9. The van der Waals surface area contributed by atoms with Crippen LogP contribution in [0.1, 0.15) is 26.2 Å². The van der Waals surface area contributed by atoms with Gasteiger partial charge in [-0.2, -0.15) is 0 Å². The zero-order valence-electron chi connectivity index (χ0n) is 8.40. The molecule has 0 spiro atoms. The van der Waals surface area contributed by atoms with E-state index in [1.54, 1.807) is 6.92 Å². The minimum absolute atomic E-state index is 0.395. The monoisotopic (exact) mass is 219 g/mol. The van der Waals surface area contributed by atoms with Crippen molar-refractivity contribution in [3.63, 3.8) is 0 Å². The maximum atomic E-state index is 10.9. The van der Waals surface area contributed by atoms with Crippen LogP contribution in [0.3, 0.4) is 0 Å². The summed E-state index contributed by atoms with van der Waals surface area (Å²) in [7, 11) is 1.89. The predicted octanol–water partition coefficient (Wildman–Crippen LogP) is 0.194. The molecule has 4 N–H and O–H groups in total. The molecule has 0 amide bonds. The number of amidine groups is 1. The van der Waals surface area contributed by atoms with E-state index >= 15 is 0 Å². The Morgan fingerprint density at radius 2 is 2.21 bits per heavy atom. The van der Waals surface area contributed by atoms with Gasteiger partial charge in [0.15, 0.2) is 0 Å². The van der Waals surface area contributed by atoms with Gasteiger partial charge in [0.1, 0.15) is 6.04 Å². The Morgan fingerprint density at radius 3 is 2.71 bits per heavy atom. The molecule has 0 aliphatic carbocycles. The molecule has 0 aliphatic rings. The van der Waals surface area contributed by atoms with Gasteiger partial charge in [0.25, 0.3) is 0 Å². The number of carbonyl (C=O) groups is 1. The number of nitrogens with zero attached hydrogens (tertiary/aromatic N) is 1. The average Bonchev–Trinajstić information content (AvgIpc) is 2.15. The Labute approximate surface area is 86.6 Å². The van der Waals surface area contributed by atoms with Crippen molar-refractivity contribution < 1.29 is 9.32 Å². The van der Waals surface area contributed by atoms with Gasteiger partial charge in [0.05, 0.1) is 15.3 Å². The maximum absolute atomic E-state index is 10.9. The van der Waals surface area contributed by atoms with Crippen LogP contribution in [-0.4, -0.2) is 24.4 Å². The molecule has 0 aliphatic heterocycles. The Hall–Kier alpha value is -0.670. The molecule has 0 aromatic carbocycles. The fourth-order valence-corrected chi connectivity index (χ4v) is 1.11. The van der Waals surface area contributed by atoms with Crippen LogP contribution in [-0.2, 0) is 9.32 Å². The van der Waals surface area contributed by atoms with Crippen molar-refractivity contribution in [3.05, 3.63) is 0 Å². The van der Waals surface area contributed by atoms with Crippen molar-refractivity contribution in [1.82, 2.24) is 0 Å². The molecule has 5 nitrogen and oxygen atoms in total. The summed E-state index contributed by atoms with van der Waals surface area (Å²) in [6.07, 6.45) is 2.34. The highest BCUT2D eigenvalue weighted by molar-refractivity contribution is 7.10. The molecular weight excluding hydrogens is 201 g/mol. The first-order valence-corrected chi connectivity index (χ1v) is 4.97. The second-order valence-electron chi connectivity index (χ2n) is 3.06. The number of carbonyl (C=O) groups excluding carboxylic acids is 1. The normalized spacial score (nSPS) is 13.8. The third-order valence-corrected chi connectivity index (χ3v) is 1.94. The zero-order valence-corrected chi connectivity index (χ0v) is 9.56. The topological polar surface area (TPSA) is 90.7 Å². The Kier molecular flexibility index (Phi) is 7.34. The van der Waals surface area contributed by atoms with Gasteiger partial charge in [-0.05, 0) is 26.2 Å². The lowest BCUT2D eigenvalue weighted by Crippen LogP contribution is -2.30. The Balaban J connectivity index is 3.45. The third kappa shape index (κ3) is 6.80. The largest absolute Gasteiger partial charge is 0.450 e. The van der Waals surface area contributed by atoms with Gasteiger partial charge in [0.2, 0.25) is 0 Å². The van der Waals surface area contributed by atoms with E-state index in [4.69, 9.17) is 11.5 Å². The molecule has 82 valence electrons. The summed E-state index contributed by atoms with van der Waals surface area (Å²) < 4.78 is 4.41. The summed E-state index contributed by atoms with van der Waals surface area (Å²) in [6, 6.07) is -0.532. The van der Waals surface area contributed by atoms with Crippen molar-refractivity contribution in [3.8, 4) is 0 Å². The molecule has 1 unspecified atom stereocenters. The fraction of sp³-hybridized carbons (Fsp3) is 0.750.